The van der Waals surface area contributed by atoms with Crippen LogP contribution in [-0.2, 0) is 11.3 Å². The van der Waals surface area contributed by atoms with E-state index in [2.05, 4.69) is 17.0 Å². The molecule has 6 heteroatoms. The Labute approximate surface area is 117 Å². The van der Waals surface area contributed by atoms with E-state index in [1.807, 2.05) is 18.5 Å². The predicted octanol–water partition coefficient (Wildman–Crippen LogP) is 3.48. The topological polar surface area (TPSA) is 26.2 Å². The second kappa shape index (κ2) is 6.63. The normalized spacial score (nSPS) is 17.4. The molecule has 3 nitrogen and oxygen atoms in total. The Morgan fingerprint density at radius 3 is 2.80 bits per heavy atom. The van der Waals surface area contributed by atoms with Crippen LogP contribution in [0, 0.1) is 5.92 Å². The first-order valence-electron chi connectivity index (χ1n) is 7.09. The molecule has 0 bridgehead atoms. The molecule has 1 saturated carbocycles. The average molecular weight is 290 g/mol. The molecule has 0 radical (unpaired) electrons. The van der Waals surface area contributed by atoms with E-state index in [0.29, 0.717) is 12.0 Å². The van der Waals surface area contributed by atoms with Crippen molar-refractivity contribution in [3.63, 3.8) is 0 Å². The Morgan fingerprint density at radius 1 is 1.45 bits per heavy atom. The van der Waals surface area contributed by atoms with Crippen LogP contribution in [0.3, 0.4) is 0 Å². The van der Waals surface area contributed by atoms with Crippen molar-refractivity contribution in [3.05, 3.63) is 24.0 Å². The molecule has 1 N–H and O–H groups in total. The van der Waals surface area contributed by atoms with Crippen molar-refractivity contribution < 1.29 is 17.9 Å². The van der Waals surface area contributed by atoms with Gasteiger partial charge < -0.3 is 9.88 Å². The van der Waals surface area contributed by atoms with Crippen LogP contribution in [0.1, 0.15) is 37.8 Å². The number of halogens is 3. The lowest BCUT2D eigenvalue weighted by molar-refractivity contribution is -0.325. The van der Waals surface area contributed by atoms with Crippen molar-refractivity contribution in [1.82, 2.24) is 9.88 Å². The van der Waals surface area contributed by atoms with E-state index < -0.39 is 6.36 Å². The smallest absolute Gasteiger partial charge is 0.352 e. The van der Waals surface area contributed by atoms with Crippen LogP contribution in [0.5, 0.6) is 0 Å². The van der Waals surface area contributed by atoms with E-state index in [0.717, 1.165) is 18.5 Å². The van der Waals surface area contributed by atoms with Gasteiger partial charge in [0.15, 0.2) is 0 Å². The first-order valence-corrected chi connectivity index (χ1v) is 7.09. The van der Waals surface area contributed by atoms with Gasteiger partial charge in [-0.3, -0.25) is 4.74 Å². The Kier molecular flexibility index (Phi) is 5.10. The Hall–Kier alpha value is -1.01. The number of nitrogens with one attached hydrogen (secondary N) is 1. The standard InChI is InChI=1S/C14H21F3N2O/c1-2-6-18-13(11-3-4-11)12-5-7-19(10-12)8-9-20-14(15,16)17/h5,7,10-11,13,18H,2-4,6,8-9H2,1H3. The van der Waals surface area contributed by atoms with Crippen molar-refractivity contribution in [3.8, 4) is 0 Å². The lowest BCUT2D eigenvalue weighted by atomic mass is 10.1. The van der Waals surface area contributed by atoms with E-state index in [9.17, 15) is 13.2 Å². The highest BCUT2D eigenvalue weighted by molar-refractivity contribution is 5.18. The third kappa shape index (κ3) is 4.83. The van der Waals surface area contributed by atoms with Gasteiger partial charge in [0.1, 0.15) is 0 Å². The van der Waals surface area contributed by atoms with Crippen LogP contribution < -0.4 is 5.32 Å². The summed E-state index contributed by atoms with van der Waals surface area (Å²) in [7, 11) is 0. The van der Waals surface area contributed by atoms with E-state index in [1.165, 1.54) is 12.8 Å². The van der Waals surface area contributed by atoms with Crippen LogP contribution in [0.25, 0.3) is 0 Å². The summed E-state index contributed by atoms with van der Waals surface area (Å²) in [6.07, 6.45) is 2.72. The van der Waals surface area contributed by atoms with Crippen molar-refractivity contribution in [2.24, 2.45) is 5.92 Å². The SMILES string of the molecule is CCCNC(c1ccn(CCOC(F)(F)F)c1)C1CC1. The molecule has 0 saturated heterocycles. The summed E-state index contributed by atoms with van der Waals surface area (Å²) in [6.45, 7) is 2.94. The molecule has 0 aromatic carbocycles. The molecular formula is C14H21F3N2O. The average Bonchev–Trinajstić information content (AvgIpc) is 3.09. The van der Waals surface area contributed by atoms with Crippen LogP contribution in [0.4, 0.5) is 13.2 Å². The van der Waals surface area contributed by atoms with Crippen LogP contribution in [-0.4, -0.2) is 24.1 Å². The fourth-order valence-electron chi connectivity index (χ4n) is 2.34. The Morgan fingerprint density at radius 2 is 2.20 bits per heavy atom. The quantitative estimate of drug-likeness (QED) is 0.793. The molecule has 0 amide bonds. The second-order valence-corrected chi connectivity index (χ2v) is 5.25. The molecule has 20 heavy (non-hydrogen) atoms. The fourth-order valence-corrected chi connectivity index (χ4v) is 2.34. The van der Waals surface area contributed by atoms with E-state index >= 15 is 0 Å². The molecule has 0 aliphatic heterocycles. The number of rotatable bonds is 8. The molecule has 1 aliphatic carbocycles. The third-order valence-electron chi connectivity index (χ3n) is 3.46. The van der Waals surface area contributed by atoms with Crippen molar-refractivity contribution in [1.29, 1.82) is 0 Å². The summed E-state index contributed by atoms with van der Waals surface area (Å²) >= 11 is 0. The summed E-state index contributed by atoms with van der Waals surface area (Å²) < 4.78 is 41.3. The number of ether oxygens (including phenoxy) is 1. The molecule has 1 atom stereocenters. The largest absolute Gasteiger partial charge is 0.522 e. The van der Waals surface area contributed by atoms with E-state index in [-0.39, 0.29) is 13.2 Å². The minimum Gasteiger partial charge on any atom is -0.352 e. The van der Waals surface area contributed by atoms with Gasteiger partial charge >= 0.3 is 6.36 Å². The van der Waals surface area contributed by atoms with Gasteiger partial charge in [-0.1, -0.05) is 6.92 Å². The maximum atomic E-state index is 11.9. The van der Waals surface area contributed by atoms with Crippen molar-refractivity contribution >= 4 is 0 Å². The van der Waals surface area contributed by atoms with Crippen LogP contribution in [0.15, 0.2) is 18.5 Å². The molecule has 1 aliphatic rings. The van der Waals surface area contributed by atoms with Crippen molar-refractivity contribution in [2.75, 3.05) is 13.2 Å². The highest BCUT2D eigenvalue weighted by atomic mass is 19.4. The lowest BCUT2D eigenvalue weighted by Gasteiger charge is -2.16. The monoisotopic (exact) mass is 290 g/mol. The van der Waals surface area contributed by atoms with Gasteiger partial charge in [0, 0.05) is 25.0 Å². The molecule has 1 heterocycles. The molecule has 1 fully saturated rings. The van der Waals surface area contributed by atoms with Crippen molar-refractivity contribution in [2.45, 2.75) is 45.1 Å². The number of alkyl halides is 3. The molecule has 1 aromatic rings. The number of hydrogen-bond acceptors (Lipinski definition) is 2. The molecule has 1 unspecified atom stereocenters. The summed E-state index contributed by atoms with van der Waals surface area (Å²) in [4.78, 5) is 0. The van der Waals surface area contributed by atoms with Gasteiger partial charge in [0.05, 0.1) is 6.61 Å². The first kappa shape index (κ1) is 15.4. The summed E-state index contributed by atoms with van der Waals surface area (Å²) in [5.41, 5.74) is 1.16. The van der Waals surface area contributed by atoms with Gasteiger partial charge in [-0.15, -0.1) is 13.2 Å². The Bertz CT molecular complexity index is 413. The summed E-state index contributed by atoms with van der Waals surface area (Å²) in [5, 5.41) is 3.52. The highest BCUT2D eigenvalue weighted by Gasteiger charge is 2.32. The van der Waals surface area contributed by atoms with Gasteiger partial charge in [-0.25, -0.2) is 0 Å². The minimum absolute atomic E-state index is 0.213. The lowest BCUT2D eigenvalue weighted by Crippen LogP contribution is -2.23. The molecular weight excluding hydrogens is 269 g/mol. The zero-order valence-corrected chi connectivity index (χ0v) is 11.6. The molecule has 0 spiro atoms. The number of nitrogens with zero attached hydrogens (tertiary/aromatic N) is 1. The van der Waals surface area contributed by atoms with Gasteiger partial charge in [0.25, 0.3) is 0 Å². The maximum absolute atomic E-state index is 11.9. The zero-order valence-electron chi connectivity index (χ0n) is 11.6. The van der Waals surface area contributed by atoms with Gasteiger partial charge in [-0.05, 0) is 43.4 Å². The number of aromatic nitrogens is 1. The van der Waals surface area contributed by atoms with Crippen LogP contribution in [0.2, 0.25) is 0 Å². The highest BCUT2D eigenvalue weighted by Crippen LogP contribution is 2.41. The molecule has 114 valence electrons. The van der Waals surface area contributed by atoms with E-state index in [1.54, 1.807) is 4.57 Å². The first-order chi connectivity index (χ1) is 9.49. The fraction of sp³-hybridized carbons (Fsp3) is 0.714. The summed E-state index contributed by atoms with van der Waals surface area (Å²) in [5.74, 6) is 0.670. The predicted molar refractivity (Wildman–Crippen MR) is 70.2 cm³/mol. The van der Waals surface area contributed by atoms with Crippen LogP contribution >= 0.6 is 0 Å². The zero-order chi connectivity index (χ0) is 14.6. The van der Waals surface area contributed by atoms with Gasteiger partial charge in [0.2, 0.25) is 0 Å². The maximum Gasteiger partial charge on any atom is 0.522 e. The van der Waals surface area contributed by atoms with E-state index in [4.69, 9.17) is 0 Å². The Balaban J connectivity index is 1.86. The third-order valence-corrected chi connectivity index (χ3v) is 3.46. The molecule has 1 aromatic heterocycles. The minimum atomic E-state index is -4.55. The van der Waals surface area contributed by atoms with Gasteiger partial charge in [-0.2, -0.15) is 0 Å². The molecule has 2 rings (SSSR count). The second-order valence-electron chi connectivity index (χ2n) is 5.25. The number of hydrogen-bond donors (Lipinski definition) is 1. The summed E-state index contributed by atoms with van der Waals surface area (Å²) in [6, 6.07) is 2.32.